The van der Waals surface area contributed by atoms with Gasteiger partial charge in [0.05, 0.1) is 6.33 Å². The predicted octanol–water partition coefficient (Wildman–Crippen LogP) is 6.52. The van der Waals surface area contributed by atoms with Gasteiger partial charge in [-0.1, -0.05) is 30.3 Å². The van der Waals surface area contributed by atoms with Crippen LogP contribution >= 0.6 is 11.8 Å². The van der Waals surface area contributed by atoms with Gasteiger partial charge in [0.2, 0.25) is 0 Å². The summed E-state index contributed by atoms with van der Waals surface area (Å²) in [6, 6.07) is 25.3. The summed E-state index contributed by atoms with van der Waals surface area (Å²) in [7, 11) is 0. The molecule has 0 aliphatic rings. The molecule has 1 N–H and O–H groups in total. The van der Waals surface area contributed by atoms with Crippen molar-refractivity contribution in [2.45, 2.75) is 24.4 Å². The van der Waals surface area contributed by atoms with Crippen molar-refractivity contribution in [2.75, 3.05) is 18.1 Å². The van der Waals surface area contributed by atoms with Gasteiger partial charge in [0.25, 0.3) is 0 Å². The molecular formula is C27H28N4O2S. The van der Waals surface area contributed by atoms with Gasteiger partial charge in [0.15, 0.2) is 0 Å². The first-order valence-corrected chi connectivity index (χ1v) is 12.4. The average Bonchev–Trinajstić information content (AvgIpc) is 3.38. The SMILES string of the molecule is CSc1ccc(NC(=O)N(CCCn2ccnc2)Cc2cccc(Oc3ccccc3)c2)cc1. The number of anilines is 1. The van der Waals surface area contributed by atoms with Crippen molar-refractivity contribution in [1.82, 2.24) is 14.5 Å². The first-order chi connectivity index (χ1) is 16.7. The number of aryl methyl sites for hydroxylation is 1. The minimum atomic E-state index is -0.128. The molecule has 0 fully saturated rings. The average molecular weight is 473 g/mol. The van der Waals surface area contributed by atoms with Crippen LogP contribution in [0.2, 0.25) is 0 Å². The van der Waals surface area contributed by atoms with Crippen molar-refractivity contribution in [3.63, 3.8) is 0 Å². The number of hydrogen-bond acceptors (Lipinski definition) is 4. The summed E-state index contributed by atoms with van der Waals surface area (Å²) < 4.78 is 8.00. The van der Waals surface area contributed by atoms with Gasteiger partial charge in [-0.2, -0.15) is 0 Å². The van der Waals surface area contributed by atoms with Gasteiger partial charge in [0.1, 0.15) is 11.5 Å². The molecule has 2 amide bonds. The second kappa shape index (κ2) is 12.0. The van der Waals surface area contributed by atoms with Gasteiger partial charge < -0.3 is 19.5 Å². The van der Waals surface area contributed by atoms with E-state index in [4.69, 9.17) is 4.74 Å². The molecule has 0 atom stereocenters. The zero-order valence-corrected chi connectivity index (χ0v) is 19.9. The highest BCUT2D eigenvalue weighted by molar-refractivity contribution is 7.98. The maximum atomic E-state index is 13.2. The molecule has 0 aliphatic carbocycles. The minimum Gasteiger partial charge on any atom is -0.457 e. The predicted molar refractivity (Wildman–Crippen MR) is 137 cm³/mol. The number of hydrogen-bond donors (Lipinski definition) is 1. The summed E-state index contributed by atoms with van der Waals surface area (Å²) in [5.74, 6) is 1.53. The van der Waals surface area contributed by atoms with Gasteiger partial charge in [0, 0.05) is 42.6 Å². The van der Waals surface area contributed by atoms with E-state index < -0.39 is 0 Å². The lowest BCUT2D eigenvalue weighted by molar-refractivity contribution is 0.207. The summed E-state index contributed by atoms with van der Waals surface area (Å²) in [6.45, 7) is 1.88. The molecule has 0 aliphatic heterocycles. The molecule has 34 heavy (non-hydrogen) atoms. The van der Waals surface area contributed by atoms with Crippen LogP contribution in [0.15, 0.2) is 102 Å². The number of amides is 2. The number of ether oxygens (including phenoxy) is 1. The van der Waals surface area contributed by atoms with Crippen LogP contribution in [-0.4, -0.2) is 33.3 Å². The second-order valence-corrected chi connectivity index (χ2v) is 8.68. The monoisotopic (exact) mass is 472 g/mol. The van der Waals surface area contributed by atoms with Crippen LogP contribution in [0.1, 0.15) is 12.0 Å². The molecule has 0 spiro atoms. The number of aromatic nitrogens is 2. The highest BCUT2D eigenvalue weighted by Gasteiger charge is 2.15. The van der Waals surface area contributed by atoms with E-state index in [9.17, 15) is 4.79 Å². The highest BCUT2D eigenvalue weighted by atomic mass is 32.2. The quantitative estimate of drug-likeness (QED) is 0.267. The van der Waals surface area contributed by atoms with Gasteiger partial charge in [-0.25, -0.2) is 9.78 Å². The first kappa shape index (κ1) is 23.4. The molecule has 4 rings (SSSR count). The number of nitrogens with one attached hydrogen (secondary N) is 1. The Morgan fingerprint density at radius 3 is 2.56 bits per heavy atom. The molecule has 0 saturated heterocycles. The molecule has 6 nitrogen and oxygen atoms in total. The fourth-order valence-corrected chi connectivity index (χ4v) is 3.95. The van der Waals surface area contributed by atoms with Crippen LogP contribution in [-0.2, 0) is 13.1 Å². The summed E-state index contributed by atoms with van der Waals surface area (Å²) in [6.07, 6.45) is 8.34. The first-order valence-electron chi connectivity index (χ1n) is 11.2. The number of nitrogens with zero attached hydrogens (tertiary/aromatic N) is 3. The summed E-state index contributed by atoms with van der Waals surface area (Å²) in [4.78, 5) is 20.3. The number of urea groups is 1. The summed E-state index contributed by atoms with van der Waals surface area (Å²) in [5, 5.41) is 3.04. The molecule has 1 aromatic heterocycles. The molecule has 0 unspecified atom stereocenters. The number of imidazole rings is 1. The van der Waals surface area contributed by atoms with Gasteiger partial charge in [-0.15, -0.1) is 11.8 Å². The van der Waals surface area contributed by atoms with Crippen molar-refractivity contribution in [3.8, 4) is 11.5 Å². The zero-order valence-electron chi connectivity index (χ0n) is 19.1. The van der Waals surface area contributed by atoms with Gasteiger partial charge in [-0.3, -0.25) is 0 Å². The van der Waals surface area contributed by atoms with Crippen molar-refractivity contribution in [2.24, 2.45) is 0 Å². The van der Waals surface area contributed by atoms with Crippen LogP contribution in [0.4, 0.5) is 10.5 Å². The van der Waals surface area contributed by atoms with E-state index in [1.807, 2.05) is 101 Å². The molecule has 0 radical (unpaired) electrons. The topological polar surface area (TPSA) is 59.4 Å². The standard InChI is InChI=1S/C27H28N4O2S/c1-34-26-13-11-23(12-14-26)29-27(32)31(17-6-16-30-18-15-28-21-30)20-22-7-5-10-25(19-22)33-24-8-3-2-4-9-24/h2-5,7-15,18-19,21H,6,16-17,20H2,1H3,(H,29,32). The van der Waals surface area contributed by atoms with Crippen molar-refractivity contribution >= 4 is 23.5 Å². The zero-order chi connectivity index (χ0) is 23.6. The number of benzene rings is 3. The fourth-order valence-electron chi connectivity index (χ4n) is 3.54. The Kier molecular flexibility index (Phi) is 8.24. The number of para-hydroxylation sites is 1. The molecule has 0 bridgehead atoms. The number of carbonyl (C=O) groups is 1. The molecule has 7 heteroatoms. The maximum Gasteiger partial charge on any atom is 0.322 e. The number of thioether (sulfide) groups is 1. The molecule has 3 aromatic carbocycles. The lowest BCUT2D eigenvalue weighted by atomic mass is 10.2. The Hall–Kier alpha value is -3.71. The smallest absolute Gasteiger partial charge is 0.322 e. The molecule has 4 aromatic rings. The lowest BCUT2D eigenvalue weighted by Gasteiger charge is -2.24. The maximum absolute atomic E-state index is 13.2. The summed E-state index contributed by atoms with van der Waals surface area (Å²) >= 11 is 1.67. The second-order valence-electron chi connectivity index (χ2n) is 7.80. The van der Waals surface area contributed by atoms with E-state index in [2.05, 4.69) is 10.3 Å². The van der Waals surface area contributed by atoms with Crippen LogP contribution < -0.4 is 10.1 Å². The van der Waals surface area contributed by atoms with E-state index >= 15 is 0 Å². The normalized spacial score (nSPS) is 10.6. The van der Waals surface area contributed by atoms with Gasteiger partial charge in [-0.05, 0) is 66.8 Å². The van der Waals surface area contributed by atoms with Crippen LogP contribution in [0, 0.1) is 0 Å². The van der Waals surface area contributed by atoms with Crippen LogP contribution in [0.5, 0.6) is 11.5 Å². The third kappa shape index (κ3) is 6.89. The van der Waals surface area contributed by atoms with Crippen molar-refractivity contribution < 1.29 is 9.53 Å². The summed E-state index contributed by atoms with van der Waals surface area (Å²) in [5.41, 5.74) is 1.78. The Balaban J connectivity index is 1.45. The van der Waals surface area contributed by atoms with E-state index in [1.165, 1.54) is 0 Å². The van der Waals surface area contributed by atoms with E-state index in [1.54, 1.807) is 24.3 Å². The Morgan fingerprint density at radius 2 is 1.82 bits per heavy atom. The Morgan fingerprint density at radius 1 is 1.03 bits per heavy atom. The molecule has 1 heterocycles. The lowest BCUT2D eigenvalue weighted by Crippen LogP contribution is -2.35. The molecule has 0 saturated carbocycles. The molecular weight excluding hydrogens is 444 g/mol. The third-order valence-corrected chi connectivity index (χ3v) is 6.03. The Labute approximate surface area is 204 Å². The highest BCUT2D eigenvalue weighted by Crippen LogP contribution is 2.23. The van der Waals surface area contributed by atoms with Crippen LogP contribution in [0.3, 0.4) is 0 Å². The van der Waals surface area contributed by atoms with E-state index in [0.29, 0.717) is 13.1 Å². The number of carbonyl (C=O) groups excluding carboxylic acids is 1. The minimum absolute atomic E-state index is 0.128. The number of rotatable bonds is 10. The van der Waals surface area contributed by atoms with Crippen LogP contribution in [0.25, 0.3) is 0 Å². The Bertz CT molecular complexity index is 1160. The van der Waals surface area contributed by atoms with Gasteiger partial charge >= 0.3 is 6.03 Å². The van der Waals surface area contributed by atoms with E-state index in [0.717, 1.165) is 40.6 Å². The van der Waals surface area contributed by atoms with Crippen molar-refractivity contribution in [3.05, 3.63) is 103 Å². The fraction of sp³-hybridized carbons (Fsp3) is 0.185. The van der Waals surface area contributed by atoms with Crippen molar-refractivity contribution in [1.29, 1.82) is 0 Å². The van der Waals surface area contributed by atoms with E-state index in [-0.39, 0.29) is 6.03 Å². The largest absolute Gasteiger partial charge is 0.457 e. The molecule has 174 valence electrons. The third-order valence-electron chi connectivity index (χ3n) is 5.28.